The number of nitrogens with one attached hydrogen (secondary N) is 1. The Morgan fingerprint density at radius 3 is 2.94 bits per heavy atom. The van der Waals surface area contributed by atoms with E-state index < -0.39 is 0 Å². The summed E-state index contributed by atoms with van der Waals surface area (Å²) >= 11 is 3.07. The van der Waals surface area contributed by atoms with Crippen molar-refractivity contribution in [3.63, 3.8) is 0 Å². The number of rotatable bonds is 3. The van der Waals surface area contributed by atoms with Gasteiger partial charge in [0, 0.05) is 5.56 Å². The summed E-state index contributed by atoms with van der Waals surface area (Å²) in [5.74, 6) is 3.16. The molecule has 0 spiro atoms. The fourth-order valence-corrected chi connectivity index (χ4v) is 6.10. The number of anilines is 1. The van der Waals surface area contributed by atoms with E-state index in [0.29, 0.717) is 16.7 Å². The highest BCUT2D eigenvalue weighted by Crippen LogP contribution is 2.46. The molecule has 2 aromatic carbocycles. The van der Waals surface area contributed by atoms with E-state index in [1.165, 1.54) is 11.3 Å². The van der Waals surface area contributed by atoms with Gasteiger partial charge in [0.05, 0.1) is 34.0 Å². The number of thiazole rings is 1. The van der Waals surface area contributed by atoms with Gasteiger partial charge in [-0.15, -0.1) is 11.8 Å². The average molecular weight is 467 g/mol. The predicted molar refractivity (Wildman–Crippen MR) is 124 cm³/mol. The third-order valence-electron chi connectivity index (χ3n) is 5.47. The number of aromatic nitrogens is 3. The number of amides is 1. The van der Waals surface area contributed by atoms with Crippen LogP contribution in [0.5, 0.6) is 17.2 Å². The molecule has 0 radical (unpaired) electrons. The van der Waals surface area contributed by atoms with E-state index >= 15 is 0 Å². The number of benzene rings is 2. The third-order valence-corrected chi connectivity index (χ3v) is 7.74. The Balaban J connectivity index is 1.49. The van der Waals surface area contributed by atoms with E-state index in [-0.39, 0.29) is 18.0 Å². The molecular formula is C22H18N4O4S2. The molecule has 8 nitrogen and oxygen atoms in total. The van der Waals surface area contributed by atoms with Crippen LogP contribution in [0.4, 0.5) is 5.82 Å². The Morgan fingerprint density at radius 2 is 2.06 bits per heavy atom. The molecule has 1 atom stereocenters. The lowest BCUT2D eigenvalue weighted by Gasteiger charge is -2.15. The van der Waals surface area contributed by atoms with Crippen molar-refractivity contribution in [1.29, 1.82) is 0 Å². The zero-order valence-electron chi connectivity index (χ0n) is 17.2. The lowest BCUT2D eigenvalue weighted by atomic mass is 10.0. The van der Waals surface area contributed by atoms with Crippen molar-refractivity contribution in [1.82, 2.24) is 14.8 Å². The minimum Gasteiger partial charge on any atom is -0.497 e. The van der Waals surface area contributed by atoms with Gasteiger partial charge >= 0.3 is 0 Å². The number of thioether (sulfide) groups is 1. The van der Waals surface area contributed by atoms with Gasteiger partial charge in [-0.2, -0.15) is 9.78 Å². The molecule has 0 saturated heterocycles. The number of carbonyl (C=O) groups excluding carboxylic acids is 1. The highest BCUT2D eigenvalue weighted by Gasteiger charge is 2.32. The molecule has 1 amide bonds. The smallest absolute Gasteiger partial charge is 0.235 e. The van der Waals surface area contributed by atoms with Crippen LogP contribution < -0.4 is 19.5 Å². The van der Waals surface area contributed by atoms with Crippen LogP contribution in [0.2, 0.25) is 0 Å². The van der Waals surface area contributed by atoms with E-state index in [4.69, 9.17) is 24.3 Å². The number of carbonyl (C=O) groups is 1. The first-order valence-electron chi connectivity index (χ1n) is 9.96. The van der Waals surface area contributed by atoms with Crippen LogP contribution in [-0.4, -0.2) is 40.3 Å². The van der Waals surface area contributed by atoms with Gasteiger partial charge < -0.3 is 19.5 Å². The van der Waals surface area contributed by atoms with E-state index in [2.05, 4.69) is 5.32 Å². The minimum absolute atomic E-state index is 0.0663. The SMILES string of the molecule is COc1ccc2nc(-n3nc(C)c4c3NC(=O)CSC4c3ccc4c(c3)OCO4)sc2c1. The molecule has 2 aromatic heterocycles. The van der Waals surface area contributed by atoms with Gasteiger partial charge in [0.2, 0.25) is 17.8 Å². The molecule has 1 N–H and O–H groups in total. The fraction of sp³-hybridized carbons (Fsp3) is 0.227. The summed E-state index contributed by atoms with van der Waals surface area (Å²) in [7, 11) is 1.64. The van der Waals surface area contributed by atoms with Crippen LogP contribution in [0.25, 0.3) is 15.3 Å². The summed E-state index contributed by atoms with van der Waals surface area (Å²) in [6, 6.07) is 11.7. The van der Waals surface area contributed by atoms with E-state index in [1.807, 2.05) is 43.3 Å². The van der Waals surface area contributed by atoms with E-state index in [1.54, 1.807) is 23.6 Å². The minimum atomic E-state index is -0.0818. The largest absolute Gasteiger partial charge is 0.497 e. The zero-order chi connectivity index (χ0) is 21.8. The second-order valence-corrected chi connectivity index (χ2v) is 9.54. The van der Waals surface area contributed by atoms with E-state index in [9.17, 15) is 4.79 Å². The maximum Gasteiger partial charge on any atom is 0.235 e. The molecule has 10 heteroatoms. The Labute approximate surface area is 191 Å². The van der Waals surface area contributed by atoms with Gasteiger partial charge in [-0.3, -0.25) is 4.79 Å². The molecule has 2 aliphatic rings. The summed E-state index contributed by atoms with van der Waals surface area (Å²) in [5.41, 5.74) is 3.70. The highest BCUT2D eigenvalue weighted by atomic mass is 32.2. The molecule has 2 aliphatic heterocycles. The zero-order valence-corrected chi connectivity index (χ0v) is 18.9. The van der Waals surface area contributed by atoms with Crippen molar-refractivity contribution >= 4 is 45.0 Å². The average Bonchev–Trinajstić information content (AvgIpc) is 3.48. The summed E-state index contributed by atoms with van der Waals surface area (Å²) in [6.07, 6.45) is 0. The van der Waals surface area contributed by atoms with Gasteiger partial charge in [-0.1, -0.05) is 17.4 Å². The Bertz CT molecular complexity index is 1380. The number of ether oxygens (including phenoxy) is 3. The van der Waals surface area contributed by atoms with Crippen molar-refractivity contribution in [3.05, 3.63) is 53.2 Å². The van der Waals surface area contributed by atoms with Gasteiger partial charge in [0.25, 0.3) is 0 Å². The Hall–Kier alpha value is -3.24. The van der Waals surface area contributed by atoms with E-state index in [0.717, 1.165) is 44.3 Å². The normalized spacial score (nSPS) is 17.2. The quantitative estimate of drug-likeness (QED) is 0.482. The monoisotopic (exact) mass is 466 g/mol. The molecule has 0 fully saturated rings. The number of fused-ring (bicyclic) bond motifs is 3. The van der Waals surface area contributed by atoms with Crippen LogP contribution in [-0.2, 0) is 4.79 Å². The number of hydrogen-bond donors (Lipinski definition) is 1. The van der Waals surface area contributed by atoms with Crippen molar-refractivity contribution < 1.29 is 19.0 Å². The number of hydrogen-bond acceptors (Lipinski definition) is 8. The standard InChI is InChI=1S/C22H18N4O4S2/c1-11-19-20(12-3-6-15-16(7-12)30-10-29-15)31-9-18(27)24-21(19)26(25-11)22-23-14-5-4-13(28-2)8-17(14)32-22/h3-8,20H,9-10H2,1-2H3,(H,24,27). The molecule has 0 saturated carbocycles. The second-order valence-electron chi connectivity index (χ2n) is 7.44. The number of nitrogens with zero attached hydrogens (tertiary/aromatic N) is 3. The first kappa shape index (κ1) is 19.4. The molecule has 1 unspecified atom stereocenters. The number of methoxy groups -OCH3 is 1. The molecule has 32 heavy (non-hydrogen) atoms. The van der Waals surface area contributed by atoms with Crippen LogP contribution in [0.3, 0.4) is 0 Å². The maximum absolute atomic E-state index is 12.6. The van der Waals surface area contributed by atoms with Crippen LogP contribution in [0.1, 0.15) is 22.1 Å². The lowest BCUT2D eigenvalue weighted by molar-refractivity contribution is -0.113. The van der Waals surface area contributed by atoms with Crippen LogP contribution >= 0.6 is 23.1 Å². The maximum atomic E-state index is 12.6. The molecular weight excluding hydrogens is 448 g/mol. The molecule has 0 aliphatic carbocycles. The van der Waals surface area contributed by atoms with Crippen molar-refractivity contribution in [2.45, 2.75) is 12.2 Å². The summed E-state index contributed by atoms with van der Waals surface area (Å²) in [6.45, 7) is 2.19. The first-order valence-corrected chi connectivity index (χ1v) is 11.8. The predicted octanol–water partition coefficient (Wildman–Crippen LogP) is 4.30. The summed E-state index contributed by atoms with van der Waals surface area (Å²) < 4.78 is 19.1. The molecule has 4 aromatic rings. The molecule has 0 bridgehead atoms. The molecule has 4 heterocycles. The Kier molecular flexibility index (Phi) is 4.51. The lowest BCUT2D eigenvalue weighted by Crippen LogP contribution is -2.15. The topological polar surface area (TPSA) is 87.5 Å². The van der Waals surface area contributed by atoms with Crippen LogP contribution in [0.15, 0.2) is 36.4 Å². The summed E-state index contributed by atoms with van der Waals surface area (Å²) in [4.78, 5) is 17.4. The van der Waals surface area contributed by atoms with Crippen LogP contribution in [0, 0.1) is 6.92 Å². The highest BCUT2D eigenvalue weighted by molar-refractivity contribution is 8.00. The van der Waals surface area contributed by atoms with Crippen molar-refractivity contribution in [3.8, 4) is 22.4 Å². The molecule has 6 rings (SSSR count). The van der Waals surface area contributed by atoms with Gasteiger partial charge in [0.15, 0.2) is 11.5 Å². The first-order chi connectivity index (χ1) is 15.6. The van der Waals surface area contributed by atoms with Gasteiger partial charge in [-0.05, 0) is 42.8 Å². The number of aryl methyl sites for hydroxylation is 1. The van der Waals surface area contributed by atoms with Crippen molar-refractivity contribution in [2.75, 3.05) is 25.0 Å². The third kappa shape index (κ3) is 3.09. The van der Waals surface area contributed by atoms with Gasteiger partial charge in [0.1, 0.15) is 11.6 Å². The Morgan fingerprint density at radius 1 is 1.19 bits per heavy atom. The van der Waals surface area contributed by atoms with Gasteiger partial charge in [-0.25, -0.2) is 4.98 Å². The molecule has 162 valence electrons. The summed E-state index contributed by atoms with van der Waals surface area (Å²) in [5, 5.41) is 8.44. The van der Waals surface area contributed by atoms with Crippen molar-refractivity contribution in [2.24, 2.45) is 0 Å². The second kappa shape index (κ2) is 7.42. The fourth-order valence-electron chi connectivity index (χ4n) is 3.97.